The van der Waals surface area contributed by atoms with Crippen molar-refractivity contribution in [2.75, 3.05) is 0 Å². The number of nitriles is 1. The first-order valence-electron chi connectivity index (χ1n) is 4.72. The van der Waals surface area contributed by atoms with Gasteiger partial charge in [0.2, 0.25) is 0 Å². The maximum Gasteiger partial charge on any atom is 0.167 e. The van der Waals surface area contributed by atoms with Crippen LogP contribution >= 0.6 is 0 Å². The van der Waals surface area contributed by atoms with Gasteiger partial charge in [-0.1, -0.05) is 0 Å². The number of hydrogen-bond acceptors (Lipinski definition) is 2. The van der Waals surface area contributed by atoms with Crippen molar-refractivity contribution in [3.8, 4) is 17.3 Å². The van der Waals surface area contributed by atoms with E-state index in [1.165, 1.54) is 12.1 Å². The molecule has 0 fully saturated rings. The van der Waals surface area contributed by atoms with Crippen LogP contribution in [-0.2, 0) is 0 Å². The molecule has 0 aliphatic rings. The molecule has 16 heavy (non-hydrogen) atoms. The van der Waals surface area contributed by atoms with Crippen LogP contribution < -0.4 is 0 Å². The van der Waals surface area contributed by atoms with Gasteiger partial charge in [-0.2, -0.15) is 5.26 Å². The zero-order valence-electron chi connectivity index (χ0n) is 8.31. The molecule has 0 amide bonds. The molecule has 3 nitrogen and oxygen atoms in total. The Labute approximate surface area is 91.8 Å². The Hall–Kier alpha value is -2.12. The average molecular weight is 216 g/mol. The third kappa shape index (κ3) is 1.95. The monoisotopic (exact) mass is 216 g/mol. The lowest BCUT2D eigenvalue weighted by atomic mass is 10.1. The van der Waals surface area contributed by atoms with Crippen LogP contribution in [0.1, 0.15) is 11.7 Å². The largest absolute Gasteiger partial charge is 0.374 e. The van der Waals surface area contributed by atoms with Crippen molar-refractivity contribution < 1.29 is 9.50 Å². The number of aliphatic hydroxyl groups excluding tert-OH is 1. The van der Waals surface area contributed by atoms with Crippen LogP contribution in [0.5, 0.6) is 0 Å². The predicted octanol–water partition coefficient (Wildman–Crippen LogP) is 2.38. The highest BCUT2D eigenvalue weighted by Crippen LogP contribution is 2.22. The number of H-pyrrole nitrogens is 1. The van der Waals surface area contributed by atoms with E-state index in [2.05, 4.69) is 4.98 Å². The van der Waals surface area contributed by atoms with E-state index in [1.807, 2.05) is 0 Å². The molecule has 1 aromatic carbocycles. The first-order valence-corrected chi connectivity index (χ1v) is 4.72. The second kappa shape index (κ2) is 4.17. The molecule has 0 aliphatic heterocycles. The molecule has 0 bridgehead atoms. The minimum Gasteiger partial charge on any atom is -0.374 e. The second-order valence-electron chi connectivity index (χ2n) is 3.39. The molecular weight excluding hydrogens is 207 g/mol. The van der Waals surface area contributed by atoms with Crippen molar-refractivity contribution in [3.63, 3.8) is 0 Å². The van der Waals surface area contributed by atoms with E-state index >= 15 is 0 Å². The van der Waals surface area contributed by atoms with Gasteiger partial charge in [0.15, 0.2) is 6.10 Å². The summed E-state index contributed by atoms with van der Waals surface area (Å²) in [4.78, 5) is 2.92. The van der Waals surface area contributed by atoms with Gasteiger partial charge in [0.1, 0.15) is 5.82 Å². The van der Waals surface area contributed by atoms with Gasteiger partial charge in [0, 0.05) is 17.5 Å². The van der Waals surface area contributed by atoms with Crippen LogP contribution in [-0.4, -0.2) is 10.1 Å². The first kappa shape index (κ1) is 10.4. The fraction of sp³-hybridized carbons (Fsp3) is 0.0833. The molecule has 1 heterocycles. The summed E-state index contributed by atoms with van der Waals surface area (Å²) in [5, 5.41) is 17.8. The molecule has 4 heteroatoms. The van der Waals surface area contributed by atoms with Gasteiger partial charge >= 0.3 is 0 Å². The van der Waals surface area contributed by atoms with Gasteiger partial charge in [-0.15, -0.1) is 0 Å². The fourth-order valence-corrected chi connectivity index (χ4v) is 1.44. The Morgan fingerprint density at radius 1 is 1.31 bits per heavy atom. The van der Waals surface area contributed by atoms with Crippen LogP contribution in [0, 0.1) is 17.1 Å². The Morgan fingerprint density at radius 2 is 2.00 bits per heavy atom. The van der Waals surface area contributed by atoms with Crippen molar-refractivity contribution in [2.24, 2.45) is 0 Å². The highest BCUT2D eigenvalue weighted by molar-refractivity contribution is 5.60. The maximum atomic E-state index is 12.7. The second-order valence-corrected chi connectivity index (χ2v) is 3.39. The highest BCUT2D eigenvalue weighted by Gasteiger charge is 2.09. The molecule has 2 N–H and O–H groups in total. The number of aromatic amines is 1. The number of halogens is 1. The Kier molecular flexibility index (Phi) is 2.71. The van der Waals surface area contributed by atoms with Gasteiger partial charge in [-0.3, -0.25) is 0 Å². The van der Waals surface area contributed by atoms with Crippen molar-refractivity contribution in [3.05, 3.63) is 47.9 Å². The lowest BCUT2D eigenvalue weighted by Gasteiger charge is -1.97. The van der Waals surface area contributed by atoms with E-state index < -0.39 is 6.10 Å². The van der Waals surface area contributed by atoms with E-state index in [1.54, 1.807) is 30.5 Å². The quantitative estimate of drug-likeness (QED) is 0.757. The molecule has 0 radical (unpaired) electrons. The molecular formula is C12H9FN2O. The summed E-state index contributed by atoms with van der Waals surface area (Å²) in [6, 6.07) is 9.37. The molecule has 1 unspecified atom stereocenters. The Bertz CT molecular complexity index is 525. The van der Waals surface area contributed by atoms with Crippen molar-refractivity contribution in [1.82, 2.24) is 4.98 Å². The van der Waals surface area contributed by atoms with E-state index in [-0.39, 0.29) is 5.82 Å². The van der Waals surface area contributed by atoms with Crippen LogP contribution in [0.2, 0.25) is 0 Å². The van der Waals surface area contributed by atoms with Gasteiger partial charge in [0.25, 0.3) is 0 Å². The molecule has 1 aromatic heterocycles. The van der Waals surface area contributed by atoms with Gasteiger partial charge in [-0.25, -0.2) is 4.39 Å². The third-order valence-corrected chi connectivity index (χ3v) is 2.30. The van der Waals surface area contributed by atoms with Crippen molar-refractivity contribution in [2.45, 2.75) is 6.10 Å². The van der Waals surface area contributed by atoms with E-state index in [9.17, 15) is 9.50 Å². The average Bonchev–Trinajstić information content (AvgIpc) is 2.78. The zero-order valence-corrected chi connectivity index (χ0v) is 8.31. The molecule has 0 spiro atoms. The lowest BCUT2D eigenvalue weighted by Crippen LogP contribution is -1.88. The number of nitrogens with zero attached hydrogens (tertiary/aromatic N) is 1. The van der Waals surface area contributed by atoms with Gasteiger partial charge < -0.3 is 10.1 Å². The summed E-state index contributed by atoms with van der Waals surface area (Å²) in [5.74, 6) is -0.299. The number of aromatic nitrogens is 1. The highest BCUT2D eigenvalue weighted by atomic mass is 19.1. The lowest BCUT2D eigenvalue weighted by molar-refractivity contribution is 0.236. The summed E-state index contributed by atoms with van der Waals surface area (Å²) in [7, 11) is 0. The van der Waals surface area contributed by atoms with Crippen molar-refractivity contribution in [1.29, 1.82) is 5.26 Å². The molecule has 1 atom stereocenters. The smallest absolute Gasteiger partial charge is 0.167 e. The summed E-state index contributed by atoms with van der Waals surface area (Å²) in [5.41, 5.74) is 2.05. The molecule has 0 aliphatic carbocycles. The van der Waals surface area contributed by atoms with E-state index in [0.717, 1.165) is 11.3 Å². The number of rotatable bonds is 2. The third-order valence-electron chi connectivity index (χ3n) is 2.30. The number of nitrogens with one attached hydrogen (secondary N) is 1. The summed E-state index contributed by atoms with van der Waals surface area (Å²) in [6.07, 6.45) is 0.428. The first-order chi connectivity index (χ1) is 7.70. The van der Waals surface area contributed by atoms with E-state index in [4.69, 9.17) is 5.26 Å². The molecule has 2 rings (SSSR count). The number of hydrogen-bond donors (Lipinski definition) is 2. The Balaban J connectivity index is 2.32. The van der Waals surface area contributed by atoms with Crippen LogP contribution in [0.25, 0.3) is 11.3 Å². The molecule has 2 aromatic rings. The minimum atomic E-state index is -1.13. The summed E-state index contributed by atoms with van der Waals surface area (Å²) < 4.78 is 12.7. The van der Waals surface area contributed by atoms with Gasteiger partial charge in [-0.05, 0) is 35.9 Å². The van der Waals surface area contributed by atoms with E-state index in [0.29, 0.717) is 5.56 Å². The number of aliphatic hydroxyl groups is 1. The summed E-state index contributed by atoms with van der Waals surface area (Å²) in [6.45, 7) is 0. The SMILES string of the molecule is N#CC(O)c1c[nH]c(-c2ccc(F)cc2)c1. The molecule has 0 saturated carbocycles. The Morgan fingerprint density at radius 3 is 2.62 bits per heavy atom. The van der Waals surface area contributed by atoms with Crippen LogP contribution in [0.3, 0.4) is 0 Å². The fourth-order valence-electron chi connectivity index (χ4n) is 1.44. The maximum absolute atomic E-state index is 12.7. The minimum absolute atomic E-state index is 0.299. The van der Waals surface area contributed by atoms with Crippen LogP contribution in [0.4, 0.5) is 4.39 Å². The van der Waals surface area contributed by atoms with Crippen molar-refractivity contribution >= 4 is 0 Å². The molecule has 0 saturated heterocycles. The van der Waals surface area contributed by atoms with Crippen LogP contribution in [0.15, 0.2) is 36.5 Å². The predicted molar refractivity (Wildman–Crippen MR) is 56.8 cm³/mol. The number of benzene rings is 1. The topological polar surface area (TPSA) is 59.8 Å². The summed E-state index contributed by atoms with van der Waals surface area (Å²) >= 11 is 0. The van der Waals surface area contributed by atoms with Gasteiger partial charge in [0.05, 0.1) is 6.07 Å². The normalized spacial score (nSPS) is 12.1. The standard InChI is InChI=1S/C12H9FN2O/c13-10-3-1-8(2-4-10)11-5-9(7-15-11)12(16)6-14/h1-5,7,12,15-16H. The molecule has 80 valence electrons. The zero-order chi connectivity index (χ0) is 11.5.